The molecule has 0 aliphatic rings. The van der Waals surface area contributed by atoms with Crippen molar-refractivity contribution in [3.63, 3.8) is 0 Å². The zero-order valence-electron chi connectivity index (χ0n) is 7.46. The molecule has 0 saturated carbocycles. The lowest BCUT2D eigenvalue weighted by atomic mass is 9.97. The predicted molar refractivity (Wildman–Crippen MR) is 52.5 cm³/mol. The summed E-state index contributed by atoms with van der Waals surface area (Å²) in [4.78, 5) is 14.4. The van der Waals surface area contributed by atoms with E-state index in [4.69, 9.17) is 16.7 Å². The predicted octanol–water partition coefficient (Wildman–Crippen LogP) is 2.85. The van der Waals surface area contributed by atoms with Gasteiger partial charge in [-0.05, 0) is 6.42 Å². The first-order chi connectivity index (χ1) is 6.50. The first kappa shape index (κ1) is 11.4. The number of alkyl halides is 1. The molecule has 0 aromatic carbocycles. The van der Waals surface area contributed by atoms with Crippen molar-refractivity contribution >= 4 is 28.9 Å². The Hall–Kier alpha value is -0.680. The van der Waals surface area contributed by atoms with Gasteiger partial charge in [-0.1, -0.05) is 24.9 Å². The first-order valence-corrected chi connectivity index (χ1v) is 5.30. The fraction of sp³-hybridized carbons (Fsp3) is 0.500. The largest absolute Gasteiger partial charge is 0.479 e. The van der Waals surface area contributed by atoms with Crippen molar-refractivity contribution in [2.24, 2.45) is 0 Å². The van der Waals surface area contributed by atoms with E-state index in [2.05, 4.69) is 4.98 Å². The van der Waals surface area contributed by atoms with Crippen LogP contribution in [-0.4, -0.2) is 16.1 Å². The summed E-state index contributed by atoms with van der Waals surface area (Å²) in [5.41, 5.74) is -2.51. The van der Waals surface area contributed by atoms with Crippen LogP contribution in [0.2, 0.25) is 4.47 Å². The molecule has 0 spiro atoms. The first-order valence-electron chi connectivity index (χ1n) is 4.04. The van der Waals surface area contributed by atoms with Gasteiger partial charge >= 0.3 is 5.97 Å². The monoisotopic (exact) mass is 237 g/mol. The van der Waals surface area contributed by atoms with Gasteiger partial charge in [0.2, 0.25) is 5.67 Å². The van der Waals surface area contributed by atoms with E-state index < -0.39 is 11.6 Å². The average Bonchev–Trinajstić information content (AvgIpc) is 2.52. The molecule has 6 heteroatoms. The minimum atomic E-state index is -2.40. The van der Waals surface area contributed by atoms with Crippen LogP contribution in [-0.2, 0) is 10.5 Å². The Morgan fingerprint density at radius 2 is 2.50 bits per heavy atom. The van der Waals surface area contributed by atoms with Gasteiger partial charge in [0, 0.05) is 5.38 Å². The van der Waals surface area contributed by atoms with Crippen molar-refractivity contribution in [1.29, 1.82) is 0 Å². The lowest BCUT2D eigenvalue weighted by molar-refractivity contribution is -0.152. The molecule has 0 bridgehead atoms. The summed E-state index contributed by atoms with van der Waals surface area (Å²) in [6, 6.07) is 0. The molecule has 1 N–H and O–H groups in total. The van der Waals surface area contributed by atoms with Gasteiger partial charge in [0.05, 0.1) is 0 Å². The Bertz CT molecular complexity index is 344. The molecule has 1 atom stereocenters. The number of carboxylic acids is 1. The van der Waals surface area contributed by atoms with Gasteiger partial charge in [0.1, 0.15) is 5.69 Å². The molecule has 14 heavy (non-hydrogen) atoms. The van der Waals surface area contributed by atoms with Crippen LogP contribution in [0.5, 0.6) is 0 Å². The van der Waals surface area contributed by atoms with Crippen molar-refractivity contribution in [3.05, 3.63) is 15.5 Å². The second-order valence-electron chi connectivity index (χ2n) is 2.84. The van der Waals surface area contributed by atoms with Crippen molar-refractivity contribution < 1.29 is 14.3 Å². The second kappa shape index (κ2) is 4.23. The number of carboxylic acid groups (broad SMARTS) is 1. The number of carbonyl (C=O) groups is 1. The number of aliphatic carboxylic acids is 1. The molecule has 3 nitrogen and oxygen atoms in total. The highest BCUT2D eigenvalue weighted by atomic mass is 35.5. The van der Waals surface area contributed by atoms with E-state index in [0.29, 0.717) is 6.42 Å². The van der Waals surface area contributed by atoms with Gasteiger partial charge in [-0.15, -0.1) is 11.3 Å². The molecule has 1 unspecified atom stereocenters. The van der Waals surface area contributed by atoms with Crippen LogP contribution >= 0.6 is 22.9 Å². The smallest absolute Gasteiger partial charge is 0.347 e. The molecule has 0 radical (unpaired) electrons. The quantitative estimate of drug-likeness (QED) is 0.876. The maximum Gasteiger partial charge on any atom is 0.347 e. The van der Waals surface area contributed by atoms with Crippen molar-refractivity contribution in [1.82, 2.24) is 4.98 Å². The Balaban J connectivity index is 3.05. The number of halogens is 2. The van der Waals surface area contributed by atoms with E-state index in [9.17, 15) is 9.18 Å². The standard InChI is InChI=1S/C8H9ClFNO2S/c1-2-3-8(10,6(12)13)5-4-14-7(9)11-5/h4H,2-3H2,1H3,(H,12,13). The van der Waals surface area contributed by atoms with Crippen molar-refractivity contribution in [2.75, 3.05) is 0 Å². The second-order valence-corrected chi connectivity index (χ2v) is 4.28. The van der Waals surface area contributed by atoms with Gasteiger partial charge in [0.15, 0.2) is 4.47 Å². The molecule has 1 aromatic heterocycles. The van der Waals surface area contributed by atoms with E-state index in [1.807, 2.05) is 0 Å². The zero-order valence-corrected chi connectivity index (χ0v) is 9.03. The molecule has 0 saturated heterocycles. The molecule has 0 aliphatic carbocycles. The molecular formula is C8H9ClFNO2S. The SMILES string of the molecule is CCCC(F)(C(=O)O)c1csc(Cl)n1. The molecule has 78 valence electrons. The number of nitrogens with zero attached hydrogens (tertiary/aromatic N) is 1. The highest BCUT2D eigenvalue weighted by Crippen LogP contribution is 2.33. The van der Waals surface area contributed by atoms with Gasteiger partial charge in [0.25, 0.3) is 0 Å². The third-order valence-electron chi connectivity index (χ3n) is 1.82. The number of rotatable bonds is 4. The van der Waals surface area contributed by atoms with Gasteiger partial charge in [-0.2, -0.15) is 0 Å². The van der Waals surface area contributed by atoms with Gasteiger partial charge < -0.3 is 5.11 Å². The molecular weight excluding hydrogens is 229 g/mol. The summed E-state index contributed by atoms with van der Waals surface area (Å²) >= 11 is 6.54. The molecule has 1 heterocycles. The van der Waals surface area contributed by atoms with E-state index >= 15 is 0 Å². The molecule has 1 aromatic rings. The van der Waals surface area contributed by atoms with Crippen molar-refractivity contribution in [2.45, 2.75) is 25.4 Å². The summed E-state index contributed by atoms with van der Waals surface area (Å²) in [6.45, 7) is 1.71. The zero-order chi connectivity index (χ0) is 10.8. The Kier molecular flexibility index (Phi) is 3.44. The third-order valence-corrected chi connectivity index (χ3v) is 2.79. The van der Waals surface area contributed by atoms with Crippen LogP contribution in [0.15, 0.2) is 5.38 Å². The molecule has 0 fully saturated rings. The molecule has 1 rings (SSSR count). The summed E-state index contributed by atoms with van der Waals surface area (Å²) in [5.74, 6) is -1.51. The molecule has 0 amide bonds. The van der Waals surface area contributed by atoms with E-state index in [-0.39, 0.29) is 16.6 Å². The number of thiazole rings is 1. The van der Waals surface area contributed by atoms with E-state index in [1.165, 1.54) is 5.38 Å². The minimum Gasteiger partial charge on any atom is -0.479 e. The van der Waals surface area contributed by atoms with E-state index in [1.54, 1.807) is 6.92 Å². The minimum absolute atomic E-state index is 0.0948. The van der Waals surface area contributed by atoms with Gasteiger partial charge in [-0.25, -0.2) is 14.2 Å². The van der Waals surface area contributed by atoms with Crippen LogP contribution in [0.3, 0.4) is 0 Å². The Labute approximate surface area is 89.5 Å². The normalized spacial score (nSPS) is 15.1. The average molecular weight is 238 g/mol. The Morgan fingerprint density at radius 1 is 1.86 bits per heavy atom. The van der Waals surface area contributed by atoms with Crippen LogP contribution in [0.4, 0.5) is 4.39 Å². The lowest BCUT2D eigenvalue weighted by Gasteiger charge is -2.16. The summed E-state index contributed by atoms with van der Waals surface area (Å²) in [6.07, 6.45) is 0.334. The topological polar surface area (TPSA) is 50.2 Å². The maximum atomic E-state index is 13.9. The lowest BCUT2D eigenvalue weighted by Crippen LogP contribution is -2.31. The van der Waals surface area contributed by atoms with E-state index in [0.717, 1.165) is 11.3 Å². The van der Waals surface area contributed by atoms with Crippen LogP contribution < -0.4 is 0 Å². The fourth-order valence-corrected chi connectivity index (χ4v) is 1.95. The number of hydrogen-bond acceptors (Lipinski definition) is 3. The number of hydrogen-bond donors (Lipinski definition) is 1. The van der Waals surface area contributed by atoms with Gasteiger partial charge in [-0.3, -0.25) is 0 Å². The molecule has 0 aliphatic heterocycles. The summed E-state index contributed by atoms with van der Waals surface area (Å²) in [5, 5.41) is 10.1. The maximum absolute atomic E-state index is 13.9. The summed E-state index contributed by atoms with van der Waals surface area (Å²) in [7, 11) is 0. The van der Waals surface area contributed by atoms with Crippen LogP contribution in [0.1, 0.15) is 25.5 Å². The summed E-state index contributed by atoms with van der Waals surface area (Å²) < 4.78 is 14.1. The fourth-order valence-electron chi connectivity index (χ4n) is 1.12. The van der Waals surface area contributed by atoms with Crippen LogP contribution in [0, 0.1) is 0 Å². The third kappa shape index (κ3) is 2.04. The Morgan fingerprint density at radius 3 is 2.86 bits per heavy atom. The van der Waals surface area contributed by atoms with Crippen molar-refractivity contribution in [3.8, 4) is 0 Å². The van der Waals surface area contributed by atoms with Crippen LogP contribution in [0.25, 0.3) is 0 Å². The highest BCUT2D eigenvalue weighted by molar-refractivity contribution is 7.14. The highest BCUT2D eigenvalue weighted by Gasteiger charge is 2.42. The number of aromatic nitrogens is 1.